The van der Waals surface area contributed by atoms with Gasteiger partial charge < -0.3 is 10.1 Å². The summed E-state index contributed by atoms with van der Waals surface area (Å²) in [5.41, 5.74) is 5.71. The number of hydrazone groups is 1. The molecule has 0 unspecified atom stereocenters. The highest BCUT2D eigenvalue weighted by Crippen LogP contribution is 2.15. The third-order valence-corrected chi connectivity index (χ3v) is 4.61. The van der Waals surface area contributed by atoms with Crippen LogP contribution in [-0.2, 0) is 4.79 Å². The zero-order chi connectivity index (χ0) is 21.3. The van der Waals surface area contributed by atoms with Gasteiger partial charge in [0.25, 0.3) is 5.91 Å². The van der Waals surface area contributed by atoms with Gasteiger partial charge in [-0.15, -0.1) is 0 Å². The number of amides is 1. The molecule has 30 heavy (non-hydrogen) atoms. The Bertz CT molecular complexity index is 1030. The van der Waals surface area contributed by atoms with Crippen molar-refractivity contribution in [2.45, 2.75) is 6.92 Å². The normalized spacial score (nSPS) is 10.6. The van der Waals surface area contributed by atoms with E-state index in [1.54, 1.807) is 48.5 Å². The summed E-state index contributed by atoms with van der Waals surface area (Å²) in [6, 6.07) is 21.5. The Balaban J connectivity index is 1.45. The molecule has 2 N–H and O–H groups in total. The molecule has 0 aromatic heterocycles. The first-order valence-corrected chi connectivity index (χ1v) is 9.99. The number of hydrogen-bond acceptors (Lipinski definition) is 5. The molecule has 0 aliphatic carbocycles. The van der Waals surface area contributed by atoms with Crippen LogP contribution in [0.4, 0.5) is 5.69 Å². The molecule has 0 saturated heterocycles. The fourth-order valence-corrected chi connectivity index (χ4v) is 2.71. The van der Waals surface area contributed by atoms with Gasteiger partial charge in [0, 0.05) is 10.2 Å². The number of anilines is 1. The Kier molecular flexibility index (Phi) is 7.34. The van der Waals surface area contributed by atoms with E-state index >= 15 is 0 Å². The molecule has 0 radical (unpaired) electrons. The number of benzene rings is 3. The number of hydrogen-bond donors (Lipinski definition) is 2. The summed E-state index contributed by atoms with van der Waals surface area (Å²) in [7, 11) is 0. The van der Waals surface area contributed by atoms with Crippen LogP contribution < -0.4 is 15.5 Å². The topological polar surface area (TPSA) is 79.8 Å². The van der Waals surface area contributed by atoms with E-state index in [9.17, 15) is 9.59 Å². The van der Waals surface area contributed by atoms with E-state index in [1.165, 1.54) is 6.21 Å². The summed E-state index contributed by atoms with van der Waals surface area (Å²) < 4.78 is 6.23. The van der Waals surface area contributed by atoms with Gasteiger partial charge in [0.05, 0.1) is 18.3 Å². The second-order valence-corrected chi connectivity index (χ2v) is 7.39. The van der Waals surface area contributed by atoms with E-state index in [2.05, 4.69) is 31.8 Å². The molecule has 0 spiro atoms. The largest absolute Gasteiger partial charge is 0.423 e. The maximum Gasteiger partial charge on any atom is 0.343 e. The van der Waals surface area contributed by atoms with Crippen LogP contribution in [0.5, 0.6) is 5.75 Å². The minimum Gasteiger partial charge on any atom is -0.423 e. The zero-order valence-electron chi connectivity index (χ0n) is 16.3. The van der Waals surface area contributed by atoms with Crippen LogP contribution in [0.15, 0.2) is 82.4 Å². The smallest absolute Gasteiger partial charge is 0.343 e. The van der Waals surface area contributed by atoms with Crippen molar-refractivity contribution in [3.63, 3.8) is 0 Å². The molecule has 0 atom stereocenters. The van der Waals surface area contributed by atoms with Crippen LogP contribution in [0.3, 0.4) is 0 Å². The van der Waals surface area contributed by atoms with Gasteiger partial charge in [0.1, 0.15) is 5.75 Å². The van der Waals surface area contributed by atoms with Gasteiger partial charge >= 0.3 is 5.97 Å². The molecule has 0 saturated carbocycles. The van der Waals surface area contributed by atoms with Crippen molar-refractivity contribution >= 4 is 39.7 Å². The maximum absolute atomic E-state index is 12.1. The molecule has 152 valence electrons. The summed E-state index contributed by atoms with van der Waals surface area (Å²) in [5.74, 6) is -0.268. The number of aryl methyl sites for hydroxylation is 1. The standard InChI is InChI=1S/C23H20BrN3O3/c1-16-2-10-20(11-3-16)25-15-22(28)27-26-14-17-4-12-21(13-5-17)30-23(29)18-6-8-19(24)9-7-18/h2-14,25H,15H2,1H3,(H,27,28). The van der Waals surface area contributed by atoms with Gasteiger partial charge in [0.2, 0.25) is 0 Å². The Hall–Kier alpha value is -3.45. The quantitative estimate of drug-likeness (QED) is 0.232. The minimum atomic E-state index is -0.433. The van der Waals surface area contributed by atoms with Gasteiger partial charge in [-0.05, 0) is 73.2 Å². The summed E-state index contributed by atoms with van der Waals surface area (Å²) in [6.45, 7) is 2.12. The molecule has 6 nitrogen and oxygen atoms in total. The predicted molar refractivity (Wildman–Crippen MR) is 121 cm³/mol. The third-order valence-electron chi connectivity index (χ3n) is 4.08. The van der Waals surface area contributed by atoms with Crippen LogP contribution >= 0.6 is 15.9 Å². The van der Waals surface area contributed by atoms with Crippen molar-refractivity contribution in [3.8, 4) is 5.75 Å². The fraction of sp³-hybridized carbons (Fsp3) is 0.0870. The van der Waals surface area contributed by atoms with Crippen molar-refractivity contribution in [1.82, 2.24) is 5.43 Å². The van der Waals surface area contributed by atoms with Crippen molar-refractivity contribution in [2.24, 2.45) is 5.10 Å². The number of rotatable bonds is 7. The Morgan fingerprint density at radius 1 is 0.967 bits per heavy atom. The second kappa shape index (κ2) is 10.4. The number of ether oxygens (including phenoxy) is 1. The molecule has 0 fully saturated rings. The average Bonchev–Trinajstić information content (AvgIpc) is 2.75. The second-order valence-electron chi connectivity index (χ2n) is 6.48. The molecule has 0 heterocycles. The molecular weight excluding hydrogens is 446 g/mol. The van der Waals surface area contributed by atoms with Gasteiger partial charge in [-0.2, -0.15) is 5.10 Å². The third kappa shape index (κ3) is 6.56. The lowest BCUT2D eigenvalue weighted by atomic mass is 10.2. The molecule has 1 amide bonds. The summed E-state index contributed by atoms with van der Waals surface area (Å²) >= 11 is 3.33. The van der Waals surface area contributed by atoms with Crippen LogP contribution in [0.2, 0.25) is 0 Å². The highest BCUT2D eigenvalue weighted by Gasteiger charge is 2.08. The first kappa shape index (κ1) is 21.3. The van der Waals surface area contributed by atoms with E-state index < -0.39 is 5.97 Å². The van der Waals surface area contributed by atoms with Crippen molar-refractivity contribution in [1.29, 1.82) is 0 Å². The number of halogens is 1. The summed E-state index contributed by atoms with van der Waals surface area (Å²) in [4.78, 5) is 24.0. The lowest BCUT2D eigenvalue weighted by Gasteiger charge is -2.06. The average molecular weight is 466 g/mol. The van der Waals surface area contributed by atoms with Gasteiger partial charge in [-0.3, -0.25) is 4.79 Å². The predicted octanol–water partition coefficient (Wildman–Crippen LogP) is 4.54. The SMILES string of the molecule is Cc1ccc(NCC(=O)NN=Cc2ccc(OC(=O)c3ccc(Br)cc3)cc2)cc1. The van der Waals surface area contributed by atoms with Crippen LogP contribution in [0.1, 0.15) is 21.5 Å². The zero-order valence-corrected chi connectivity index (χ0v) is 17.8. The number of esters is 1. The minimum absolute atomic E-state index is 0.116. The lowest BCUT2D eigenvalue weighted by molar-refractivity contribution is -0.119. The summed E-state index contributed by atoms with van der Waals surface area (Å²) in [5, 5.41) is 6.96. The van der Waals surface area contributed by atoms with E-state index in [0.717, 1.165) is 21.3 Å². The number of carbonyl (C=O) groups excluding carboxylic acids is 2. The number of nitrogens with zero attached hydrogens (tertiary/aromatic N) is 1. The van der Waals surface area contributed by atoms with Gasteiger partial charge in [-0.25, -0.2) is 10.2 Å². The van der Waals surface area contributed by atoms with E-state index in [1.807, 2.05) is 31.2 Å². The van der Waals surface area contributed by atoms with Gasteiger partial charge in [-0.1, -0.05) is 33.6 Å². The Morgan fingerprint density at radius 2 is 1.63 bits per heavy atom. The highest BCUT2D eigenvalue weighted by molar-refractivity contribution is 9.10. The Labute approximate surface area is 183 Å². The molecule has 3 aromatic carbocycles. The van der Waals surface area contributed by atoms with Crippen molar-refractivity contribution in [2.75, 3.05) is 11.9 Å². The van der Waals surface area contributed by atoms with Crippen LogP contribution in [0.25, 0.3) is 0 Å². The summed E-state index contributed by atoms with van der Waals surface area (Å²) in [6.07, 6.45) is 1.52. The van der Waals surface area contributed by atoms with Crippen molar-refractivity contribution < 1.29 is 14.3 Å². The molecule has 3 rings (SSSR count). The molecule has 0 bridgehead atoms. The van der Waals surface area contributed by atoms with Crippen molar-refractivity contribution in [3.05, 3.63) is 94.0 Å². The molecule has 7 heteroatoms. The highest BCUT2D eigenvalue weighted by atomic mass is 79.9. The molecule has 3 aromatic rings. The molecule has 0 aliphatic heterocycles. The first-order chi connectivity index (χ1) is 14.5. The Morgan fingerprint density at radius 3 is 2.30 bits per heavy atom. The fourth-order valence-electron chi connectivity index (χ4n) is 2.45. The lowest BCUT2D eigenvalue weighted by Crippen LogP contribution is -2.25. The van der Waals surface area contributed by atoms with E-state index in [-0.39, 0.29) is 12.5 Å². The van der Waals surface area contributed by atoms with Crippen LogP contribution in [0, 0.1) is 6.92 Å². The monoisotopic (exact) mass is 465 g/mol. The number of carbonyl (C=O) groups is 2. The molecule has 0 aliphatic rings. The maximum atomic E-state index is 12.1. The van der Waals surface area contributed by atoms with E-state index in [4.69, 9.17) is 4.74 Å². The number of nitrogens with one attached hydrogen (secondary N) is 2. The van der Waals surface area contributed by atoms with Gasteiger partial charge in [0.15, 0.2) is 0 Å². The van der Waals surface area contributed by atoms with E-state index in [0.29, 0.717) is 11.3 Å². The van der Waals surface area contributed by atoms with Crippen LogP contribution in [-0.4, -0.2) is 24.6 Å². The molecular formula is C23H20BrN3O3. The first-order valence-electron chi connectivity index (χ1n) is 9.20.